The smallest absolute Gasteiger partial charge is 0.184 e. The Labute approximate surface area is 106 Å². The number of thiocarbonyl (C=S) groups is 1. The number of hydrogen-bond donors (Lipinski definition) is 2. The summed E-state index contributed by atoms with van der Waals surface area (Å²) in [6, 6.07) is 5.58. The fourth-order valence-electron chi connectivity index (χ4n) is 0.786. The van der Waals surface area contributed by atoms with E-state index in [1.165, 1.54) is 0 Å². The second-order valence-electron chi connectivity index (χ2n) is 2.38. The first-order valence-corrected chi connectivity index (χ1v) is 5.50. The molecule has 0 spiro atoms. The Balaban J connectivity index is 2.81. The minimum atomic E-state index is 0.137. The quantitative estimate of drug-likeness (QED) is 0.375. The SMILES string of the molecule is NC(=S)NN=Cc1cccc(Cl)c1I. The third-order valence-electron chi connectivity index (χ3n) is 1.36. The summed E-state index contributed by atoms with van der Waals surface area (Å²) in [5, 5.41) is 4.67. The molecule has 0 aliphatic rings. The molecule has 0 amide bonds. The Morgan fingerprint density at radius 2 is 2.36 bits per heavy atom. The van der Waals surface area contributed by atoms with Gasteiger partial charge in [-0.2, -0.15) is 5.10 Å². The molecule has 0 saturated heterocycles. The minimum Gasteiger partial charge on any atom is -0.375 e. The minimum absolute atomic E-state index is 0.137. The molecule has 1 aromatic carbocycles. The summed E-state index contributed by atoms with van der Waals surface area (Å²) in [4.78, 5) is 0. The maximum atomic E-state index is 5.92. The Morgan fingerprint density at radius 3 is 3.00 bits per heavy atom. The van der Waals surface area contributed by atoms with E-state index in [2.05, 4.69) is 45.3 Å². The number of benzene rings is 1. The lowest BCUT2D eigenvalue weighted by Crippen LogP contribution is -2.24. The van der Waals surface area contributed by atoms with Gasteiger partial charge in [0.25, 0.3) is 0 Å². The van der Waals surface area contributed by atoms with Crippen LogP contribution in [0.2, 0.25) is 5.02 Å². The van der Waals surface area contributed by atoms with E-state index in [4.69, 9.17) is 17.3 Å². The fourth-order valence-corrected chi connectivity index (χ4v) is 1.52. The molecule has 1 aromatic rings. The van der Waals surface area contributed by atoms with Crippen molar-refractivity contribution in [3.05, 3.63) is 32.4 Å². The van der Waals surface area contributed by atoms with Gasteiger partial charge in [-0.05, 0) is 40.9 Å². The average Bonchev–Trinajstić information content (AvgIpc) is 2.12. The Kier molecular flexibility index (Phi) is 4.56. The summed E-state index contributed by atoms with van der Waals surface area (Å²) >= 11 is 12.7. The van der Waals surface area contributed by atoms with Crippen LogP contribution in [-0.4, -0.2) is 11.3 Å². The van der Waals surface area contributed by atoms with Gasteiger partial charge in [-0.25, -0.2) is 0 Å². The van der Waals surface area contributed by atoms with Crippen molar-refractivity contribution in [2.24, 2.45) is 10.8 Å². The van der Waals surface area contributed by atoms with Crippen LogP contribution in [0.1, 0.15) is 5.56 Å². The molecule has 0 heterocycles. The van der Waals surface area contributed by atoms with E-state index >= 15 is 0 Å². The zero-order valence-electron chi connectivity index (χ0n) is 7.00. The van der Waals surface area contributed by atoms with E-state index in [0.717, 1.165) is 9.13 Å². The van der Waals surface area contributed by atoms with Crippen molar-refractivity contribution in [1.29, 1.82) is 0 Å². The summed E-state index contributed by atoms with van der Waals surface area (Å²) in [7, 11) is 0. The summed E-state index contributed by atoms with van der Waals surface area (Å²) in [6.45, 7) is 0. The molecule has 3 N–H and O–H groups in total. The van der Waals surface area contributed by atoms with Crippen LogP contribution in [0.5, 0.6) is 0 Å². The number of nitrogens with zero attached hydrogens (tertiary/aromatic N) is 1. The Bertz CT molecular complexity index is 381. The first-order valence-electron chi connectivity index (χ1n) is 3.64. The summed E-state index contributed by atoms with van der Waals surface area (Å²) in [6.07, 6.45) is 1.62. The fraction of sp³-hybridized carbons (Fsp3) is 0. The molecule has 14 heavy (non-hydrogen) atoms. The molecule has 1 rings (SSSR count). The first-order chi connectivity index (χ1) is 6.61. The maximum absolute atomic E-state index is 5.92. The molecule has 0 radical (unpaired) electrons. The molecule has 6 heteroatoms. The molecule has 0 aliphatic carbocycles. The molecular formula is C8H7ClIN3S. The van der Waals surface area contributed by atoms with Gasteiger partial charge in [0.15, 0.2) is 5.11 Å². The molecule has 0 unspecified atom stereocenters. The Hall–Kier alpha value is -0.400. The Morgan fingerprint density at radius 1 is 1.64 bits per heavy atom. The van der Waals surface area contributed by atoms with Crippen LogP contribution in [0.25, 0.3) is 0 Å². The van der Waals surface area contributed by atoms with Gasteiger partial charge in [-0.1, -0.05) is 23.7 Å². The van der Waals surface area contributed by atoms with Crippen LogP contribution in [0.15, 0.2) is 23.3 Å². The van der Waals surface area contributed by atoms with Crippen LogP contribution in [-0.2, 0) is 0 Å². The molecule has 0 bridgehead atoms. The van der Waals surface area contributed by atoms with Crippen molar-refractivity contribution >= 4 is 57.7 Å². The van der Waals surface area contributed by atoms with Crippen LogP contribution >= 0.6 is 46.4 Å². The number of hydrogen-bond acceptors (Lipinski definition) is 2. The van der Waals surface area contributed by atoms with E-state index in [0.29, 0.717) is 5.02 Å². The zero-order chi connectivity index (χ0) is 10.6. The molecule has 74 valence electrons. The van der Waals surface area contributed by atoms with E-state index < -0.39 is 0 Å². The second-order valence-corrected chi connectivity index (χ2v) is 4.30. The highest BCUT2D eigenvalue weighted by Gasteiger charge is 2.00. The van der Waals surface area contributed by atoms with Crippen molar-refractivity contribution in [3.63, 3.8) is 0 Å². The molecule has 0 atom stereocenters. The molecule has 0 aromatic heterocycles. The van der Waals surface area contributed by atoms with Crippen LogP contribution in [0.3, 0.4) is 0 Å². The number of hydrazone groups is 1. The van der Waals surface area contributed by atoms with Gasteiger partial charge in [0.2, 0.25) is 0 Å². The summed E-state index contributed by atoms with van der Waals surface area (Å²) < 4.78 is 0.945. The van der Waals surface area contributed by atoms with Crippen LogP contribution in [0, 0.1) is 3.57 Å². The predicted molar refractivity (Wildman–Crippen MR) is 71.7 cm³/mol. The lowest BCUT2D eigenvalue weighted by molar-refractivity contribution is 1.04. The highest BCUT2D eigenvalue weighted by atomic mass is 127. The first kappa shape index (κ1) is 11.7. The van der Waals surface area contributed by atoms with Crippen molar-refractivity contribution in [2.75, 3.05) is 0 Å². The number of nitrogens with one attached hydrogen (secondary N) is 1. The molecule has 0 aliphatic heterocycles. The standard InChI is InChI=1S/C8H7ClIN3S/c9-6-3-1-2-5(7(6)10)4-12-13-8(11)14/h1-4H,(H3,11,13,14). The normalized spacial score (nSPS) is 10.4. The number of rotatable bonds is 2. The van der Waals surface area contributed by atoms with E-state index in [1.807, 2.05) is 18.2 Å². The van der Waals surface area contributed by atoms with Crippen molar-refractivity contribution in [2.45, 2.75) is 0 Å². The number of halogens is 2. The highest BCUT2D eigenvalue weighted by Crippen LogP contribution is 2.20. The van der Waals surface area contributed by atoms with Gasteiger partial charge in [0.1, 0.15) is 0 Å². The predicted octanol–water partition coefficient (Wildman–Crippen LogP) is 2.11. The lowest BCUT2D eigenvalue weighted by atomic mass is 10.2. The van der Waals surface area contributed by atoms with Gasteiger partial charge in [0.05, 0.1) is 11.2 Å². The zero-order valence-corrected chi connectivity index (χ0v) is 10.7. The van der Waals surface area contributed by atoms with Gasteiger partial charge in [-0.3, -0.25) is 5.43 Å². The van der Waals surface area contributed by atoms with Crippen molar-refractivity contribution in [3.8, 4) is 0 Å². The van der Waals surface area contributed by atoms with E-state index in [1.54, 1.807) is 6.21 Å². The molecule has 0 fully saturated rings. The van der Waals surface area contributed by atoms with Crippen LogP contribution < -0.4 is 11.2 Å². The van der Waals surface area contributed by atoms with E-state index in [9.17, 15) is 0 Å². The van der Waals surface area contributed by atoms with Crippen molar-refractivity contribution in [1.82, 2.24) is 5.43 Å². The van der Waals surface area contributed by atoms with Gasteiger partial charge < -0.3 is 5.73 Å². The largest absolute Gasteiger partial charge is 0.375 e. The van der Waals surface area contributed by atoms with E-state index in [-0.39, 0.29) is 5.11 Å². The third-order valence-corrected chi connectivity index (χ3v) is 3.29. The van der Waals surface area contributed by atoms with Gasteiger partial charge >= 0.3 is 0 Å². The van der Waals surface area contributed by atoms with Crippen LogP contribution in [0.4, 0.5) is 0 Å². The average molecular weight is 340 g/mol. The monoisotopic (exact) mass is 339 g/mol. The maximum Gasteiger partial charge on any atom is 0.184 e. The summed E-state index contributed by atoms with van der Waals surface area (Å²) in [5.74, 6) is 0. The van der Waals surface area contributed by atoms with Crippen molar-refractivity contribution < 1.29 is 0 Å². The molecule has 3 nitrogen and oxygen atoms in total. The molecular weight excluding hydrogens is 333 g/mol. The van der Waals surface area contributed by atoms with Gasteiger partial charge in [-0.15, -0.1) is 0 Å². The second kappa shape index (κ2) is 5.47. The lowest BCUT2D eigenvalue weighted by Gasteiger charge is -2.00. The highest BCUT2D eigenvalue weighted by molar-refractivity contribution is 14.1. The topological polar surface area (TPSA) is 50.4 Å². The van der Waals surface area contributed by atoms with Gasteiger partial charge in [0, 0.05) is 9.13 Å². The molecule has 0 saturated carbocycles. The summed E-state index contributed by atoms with van der Waals surface area (Å²) in [5.41, 5.74) is 8.59. The third kappa shape index (κ3) is 3.39. The number of nitrogens with two attached hydrogens (primary N) is 1.